The molecule has 14 heavy (non-hydrogen) atoms. The molecule has 1 fully saturated rings. The highest BCUT2D eigenvalue weighted by Crippen LogP contribution is 2.51. The highest BCUT2D eigenvalue weighted by atomic mass is 35.5. The van der Waals surface area contributed by atoms with Gasteiger partial charge in [0, 0.05) is 12.5 Å². The standard InChI is InChI=1S/C7H10F3N3.ClH/c8-7(9,10)6(12-13-6)5-2-1-3-11-4-5;/h5,11H,1-4H2;1H. The van der Waals surface area contributed by atoms with Gasteiger partial charge in [-0.2, -0.15) is 13.2 Å². The minimum absolute atomic E-state index is 0. The van der Waals surface area contributed by atoms with Gasteiger partial charge in [0.1, 0.15) is 0 Å². The number of hydrogen-bond acceptors (Lipinski definition) is 3. The van der Waals surface area contributed by atoms with Crippen molar-refractivity contribution < 1.29 is 13.2 Å². The highest BCUT2D eigenvalue weighted by Gasteiger charge is 2.67. The number of alkyl halides is 3. The molecule has 3 nitrogen and oxygen atoms in total. The van der Waals surface area contributed by atoms with E-state index < -0.39 is 17.8 Å². The van der Waals surface area contributed by atoms with Crippen LogP contribution in [0.15, 0.2) is 10.2 Å². The maximum atomic E-state index is 12.5. The molecule has 2 aliphatic heterocycles. The summed E-state index contributed by atoms with van der Waals surface area (Å²) >= 11 is 0. The van der Waals surface area contributed by atoms with Crippen molar-refractivity contribution in [3.8, 4) is 0 Å². The van der Waals surface area contributed by atoms with Crippen LogP contribution < -0.4 is 5.32 Å². The van der Waals surface area contributed by atoms with Gasteiger partial charge in [0.25, 0.3) is 5.66 Å². The Balaban J connectivity index is 0.000000980. The molecule has 0 radical (unpaired) electrons. The average molecular weight is 230 g/mol. The Labute approximate surface area is 85.6 Å². The molecule has 0 spiro atoms. The van der Waals surface area contributed by atoms with Crippen LogP contribution in [0, 0.1) is 5.92 Å². The third-order valence-electron chi connectivity index (χ3n) is 2.60. The monoisotopic (exact) mass is 229 g/mol. The molecule has 0 amide bonds. The van der Waals surface area contributed by atoms with Gasteiger partial charge in [-0.3, -0.25) is 0 Å². The number of hydrogen-bond donors (Lipinski definition) is 1. The Morgan fingerprint density at radius 1 is 1.29 bits per heavy atom. The van der Waals surface area contributed by atoms with E-state index in [1.165, 1.54) is 0 Å². The van der Waals surface area contributed by atoms with E-state index in [0.29, 0.717) is 13.0 Å². The summed E-state index contributed by atoms with van der Waals surface area (Å²) in [5.74, 6) is -0.499. The lowest BCUT2D eigenvalue weighted by Gasteiger charge is -2.28. The molecular weight excluding hydrogens is 219 g/mol. The van der Waals surface area contributed by atoms with Gasteiger partial charge in [0.15, 0.2) is 0 Å². The molecule has 2 heterocycles. The second-order valence-corrected chi connectivity index (χ2v) is 3.47. The molecule has 82 valence electrons. The smallest absolute Gasteiger partial charge is 0.316 e. The van der Waals surface area contributed by atoms with Crippen molar-refractivity contribution >= 4 is 12.4 Å². The Kier molecular flexibility index (Phi) is 3.06. The molecule has 1 saturated heterocycles. The van der Waals surface area contributed by atoms with Crippen LogP contribution in [-0.4, -0.2) is 24.9 Å². The normalized spacial score (nSPS) is 29.5. The van der Waals surface area contributed by atoms with E-state index in [-0.39, 0.29) is 12.4 Å². The van der Waals surface area contributed by atoms with E-state index in [0.717, 1.165) is 13.0 Å². The van der Waals surface area contributed by atoms with Gasteiger partial charge in [-0.25, -0.2) is 0 Å². The quantitative estimate of drug-likeness (QED) is 0.735. The second kappa shape index (κ2) is 3.66. The molecule has 0 aromatic rings. The number of nitrogens with zero attached hydrogens (tertiary/aromatic N) is 2. The van der Waals surface area contributed by atoms with Crippen molar-refractivity contribution in [2.24, 2.45) is 16.1 Å². The predicted molar refractivity (Wildman–Crippen MR) is 46.5 cm³/mol. The number of piperidine rings is 1. The zero-order valence-corrected chi connectivity index (χ0v) is 8.16. The summed E-state index contributed by atoms with van der Waals surface area (Å²) in [6.45, 7) is 1.16. The van der Waals surface area contributed by atoms with E-state index in [2.05, 4.69) is 15.5 Å². The summed E-state index contributed by atoms with van der Waals surface area (Å²) in [5.41, 5.74) is -2.06. The summed E-state index contributed by atoms with van der Waals surface area (Å²) < 4.78 is 37.4. The van der Waals surface area contributed by atoms with Gasteiger partial charge < -0.3 is 5.32 Å². The summed E-state index contributed by atoms with van der Waals surface area (Å²) in [6.07, 6.45) is -2.98. The first-order chi connectivity index (χ1) is 6.06. The van der Waals surface area contributed by atoms with Crippen molar-refractivity contribution in [2.45, 2.75) is 24.7 Å². The zero-order valence-electron chi connectivity index (χ0n) is 7.34. The molecule has 1 N–H and O–H groups in total. The van der Waals surface area contributed by atoms with E-state index >= 15 is 0 Å². The van der Waals surface area contributed by atoms with Crippen LogP contribution in [0.2, 0.25) is 0 Å². The molecule has 1 unspecified atom stereocenters. The molecule has 0 saturated carbocycles. The fraction of sp³-hybridized carbons (Fsp3) is 1.00. The van der Waals surface area contributed by atoms with E-state index in [9.17, 15) is 13.2 Å². The van der Waals surface area contributed by atoms with Crippen LogP contribution in [0.1, 0.15) is 12.8 Å². The molecule has 2 rings (SSSR count). The lowest BCUT2D eigenvalue weighted by molar-refractivity contribution is -0.177. The Hall–Kier alpha value is -0.360. The van der Waals surface area contributed by atoms with Crippen LogP contribution in [0.3, 0.4) is 0 Å². The number of halogens is 4. The lowest BCUT2D eigenvalue weighted by atomic mass is 9.88. The van der Waals surface area contributed by atoms with Crippen molar-refractivity contribution in [1.82, 2.24) is 5.32 Å². The van der Waals surface area contributed by atoms with Gasteiger partial charge in [-0.1, -0.05) is 0 Å². The van der Waals surface area contributed by atoms with Crippen LogP contribution in [-0.2, 0) is 0 Å². The zero-order chi connectivity index (χ0) is 9.53. The summed E-state index contributed by atoms with van der Waals surface area (Å²) in [4.78, 5) is 0. The van der Waals surface area contributed by atoms with Gasteiger partial charge in [-0.05, 0) is 19.4 Å². The maximum absolute atomic E-state index is 12.5. The van der Waals surface area contributed by atoms with Crippen molar-refractivity contribution in [1.29, 1.82) is 0 Å². The fourth-order valence-corrected chi connectivity index (χ4v) is 1.76. The summed E-state index contributed by atoms with van der Waals surface area (Å²) in [5, 5.41) is 9.31. The van der Waals surface area contributed by atoms with Crippen LogP contribution in [0.4, 0.5) is 13.2 Å². The maximum Gasteiger partial charge on any atom is 0.438 e. The topological polar surface area (TPSA) is 36.8 Å². The lowest BCUT2D eigenvalue weighted by Crippen LogP contribution is -2.46. The Morgan fingerprint density at radius 3 is 2.29 bits per heavy atom. The molecule has 0 aromatic heterocycles. The third kappa shape index (κ3) is 1.72. The first kappa shape index (κ1) is 11.7. The average Bonchev–Trinajstić information content (AvgIpc) is 2.84. The molecule has 0 bridgehead atoms. The Morgan fingerprint density at radius 2 is 1.93 bits per heavy atom. The molecule has 1 atom stereocenters. The van der Waals surface area contributed by atoms with Gasteiger partial charge in [0.2, 0.25) is 0 Å². The number of nitrogens with one attached hydrogen (secondary N) is 1. The molecular formula is C7H11ClF3N3. The van der Waals surface area contributed by atoms with Gasteiger partial charge >= 0.3 is 6.18 Å². The molecule has 7 heteroatoms. The fourth-order valence-electron chi connectivity index (χ4n) is 1.76. The second-order valence-electron chi connectivity index (χ2n) is 3.47. The summed E-state index contributed by atoms with van der Waals surface area (Å²) in [7, 11) is 0. The van der Waals surface area contributed by atoms with Crippen molar-refractivity contribution in [3.05, 3.63) is 0 Å². The van der Waals surface area contributed by atoms with Crippen LogP contribution >= 0.6 is 12.4 Å². The van der Waals surface area contributed by atoms with E-state index in [1.807, 2.05) is 0 Å². The number of rotatable bonds is 1. The van der Waals surface area contributed by atoms with Crippen LogP contribution in [0.25, 0.3) is 0 Å². The molecule has 0 aromatic carbocycles. The first-order valence-corrected chi connectivity index (χ1v) is 4.28. The predicted octanol–water partition coefficient (Wildman–Crippen LogP) is 2.13. The van der Waals surface area contributed by atoms with Crippen LogP contribution in [0.5, 0.6) is 0 Å². The third-order valence-corrected chi connectivity index (χ3v) is 2.60. The first-order valence-electron chi connectivity index (χ1n) is 4.28. The van der Waals surface area contributed by atoms with Gasteiger partial charge in [-0.15, -0.1) is 22.6 Å². The Bertz CT molecular complexity index is 229. The minimum atomic E-state index is -4.31. The highest BCUT2D eigenvalue weighted by molar-refractivity contribution is 5.85. The SMILES string of the molecule is Cl.FC(F)(F)C1(C2CCCNC2)N=N1. The van der Waals surface area contributed by atoms with Gasteiger partial charge in [0.05, 0.1) is 0 Å². The minimum Gasteiger partial charge on any atom is -0.316 e. The summed E-state index contributed by atoms with van der Waals surface area (Å²) in [6, 6.07) is 0. The van der Waals surface area contributed by atoms with Crippen molar-refractivity contribution in [2.75, 3.05) is 13.1 Å². The van der Waals surface area contributed by atoms with E-state index in [1.54, 1.807) is 0 Å². The van der Waals surface area contributed by atoms with E-state index in [4.69, 9.17) is 0 Å². The van der Waals surface area contributed by atoms with Crippen molar-refractivity contribution in [3.63, 3.8) is 0 Å². The molecule has 2 aliphatic rings. The largest absolute Gasteiger partial charge is 0.438 e. The molecule has 0 aliphatic carbocycles.